The highest BCUT2D eigenvalue weighted by Crippen LogP contribution is 2.45. The van der Waals surface area contributed by atoms with E-state index in [9.17, 15) is 9.18 Å². The zero-order valence-corrected chi connectivity index (χ0v) is 14.5. The fourth-order valence-electron chi connectivity index (χ4n) is 2.89. The highest BCUT2D eigenvalue weighted by atomic mass is 35.5. The predicted octanol–water partition coefficient (Wildman–Crippen LogP) is 3.57. The van der Waals surface area contributed by atoms with Gasteiger partial charge in [0.2, 0.25) is 0 Å². The van der Waals surface area contributed by atoms with Crippen molar-refractivity contribution in [1.82, 2.24) is 9.78 Å². The predicted molar refractivity (Wildman–Crippen MR) is 88.3 cm³/mol. The Balaban J connectivity index is 2.08. The number of carbonyl (C=O) groups is 1. The molecule has 9 heteroatoms. The van der Waals surface area contributed by atoms with Gasteiger partial charge < -0.3 is 9.84 Å². The van der Waals surface area contributed by atoms with Gasteiger partial charge in [0, 0.05) is 31.0 Å². The van der Waals surface area contributed by atoms with Gasteiger partial charge in [-0.2, -0.15) is 10.4 Å². The van der Waals surface area contributed by atoms with Crippen molar-refractivity contribution >= 4 is 29.2 Å². The molecule has 25 heavy (non-hydrogen) atoms. The molecule has 0 fully saturated rings. The molecule has 6 nitrogen and oxygen atoms in total. The van der Waals surface area contributed by atoms with Crippen molar-refractivity contribution in [3.05, 3.63) is 33.2 Å². The summed E-state index contributed by atoms with van der Waals surface area (Å²) < 4.78 is 21.6. The van der Waals surface area contributed by atoms with E-state index < -0.39 is 17.9 Å². The third kappa shape index (κ3) is 3.03. The van der Waals surface area contributed by atoms with Crippen LogP contribution in [0.4, 0.5) is 4.39 Å². The Hall–Kier alpha value is -2.30. The molecule has 2 heterocycles. The summed E-state index contributed by atoms with van der Waals surface area (Å²) in [4.78, 5) is 10.8. The van der Waals surface area contributed by atoms with Crippen LogP contribution in [0.2, 0.25) is 10.0 Å². The molecule has 2 aromatic rings. The maximum Gasteiger partial charge on any atom is 0.303 e. The Morgan fingerprint density at radius 2 is 2.32 bits per heavy atom. The molecule has 3 rings (SSSR count). The van der Waals surface area contributed by atoms with Crippen molar-refractivity contribution in [3.63, 3.8) is 0 Å². The van der Waals surface area contributed by atoms with Gasteiger partial charge in [-0.1, -0.05) is 23.2 Å². The lowest BCUT2D eigenvalue weighted by atomic mass is 9.98. The molecule has 1 N–H and O–H groups in total. The van der Waals surface area contributed by atoms with Crippen molar-refractivity contribution in [2.24, 2.45) is 7.05 Å². The normalized spacial score (nSPS) is 15.6. The zero-order valence-electron chi connectivity index (χ0n) is 13.0. The van der Waals surface area contributed by atoms with Crippen LogP contribution in [-0.2, 0) is 18.3 Å². The molecule has 130 valence electrons. The van der Waals surface area contributed by atoms with Crippen LogP contribution in [0.3, 0.4) is 0 Å². The molecule has 0 spiro atoms. The topological polar surface area (TPSA) is 88.1 Å². The molecule has 0 radical (unpaired) electrons. The Kier molecular flexibility index (Phi) is 4.58. The van der Waals surface area contributed by atoms with E-state index in [0.29, 0.717) is 11.3 Å². The number of carboxylic acid groups (broad SMARTS) is 1. The summed E-state index contributed by atoms with van der Waals surface area (Å²) in [5.74, 6) is -1.27. The fraction of sp³-hybridized carbons (Fsp3) is 0.312. The number of nitriles is 1. The number of aryl methyl sites for hydroxylation is 1. The van der Waals surface area contributed by atoms with Crippen molar-refractivity contribution in [1.29, 1.82) is 5.26 Å². The minimum absolute atomic E-state index is 0.0439. The van der Waals surface area contributed by atoms with Crippen LogP contribution in [0.25, 0.3) is 11.3 Å². The number of halogens is 3. The number of hydrogen-bond acceptors (Lipinski definition) is 4. The first-order valence-electron chi connectivity index (χ1n) is 7.35. The maximum absolute atomic E-state index is 14.6. The number of rotatable bonds is 4. The second-order valence-corrected chi connectivity index (χ2v) is 6.43. The fourth-order valence-corrected chi connectivity index (χ4v) is 3.44. The highest BCUT2D eigenvalue weighted by Gasteiger charge is 2.33. The van der Waals surface area contributed by atoms with Gasteiger partial charge in [0.15, 0.2) is 5.69 Å². The lowest BCUT2D eigenvalue weighted by Gasteiger charge is -2.09. The molecule has 0 amide bonds. The first-order chi connectivity index (χ1) is 11.8. The molecule has 1 aliphatic rings. The summed E-state index contributed by atoms with van der Waals surface area (Å²) in [5.41, 5.74) is 0.846. The first-order valence-corrected chi connectivity index (χ1v) is 8.11. The Morgan fingerprint density at radius 3 is 2.92 bits per heavy atom. The number of aliphatic carboxylic acids is 1. The average molecular weight is 384 g/mol. The highest BCUT2D eigenvalue weighted by molar-refractivity contribution is 6.34. The molecule has 1 aromatic carbocycles. The quantitative estimate of drug-likeness (QED) is 0.871. The Bertz CT molecular complexity index is 921. The second-order valence-electron chi connectivity index (χ2n) is 5.65. The summed E-state index contributed by atoms with van der Waals surface area (Å²) >= 11 is 12.3. The molecular formula is C16H12Cl2FN3O3. The van der Waals surface area contributed by atoms with Crippen LogP contribution < -0.4 is 4.74 Å². The van der Waals surface area contributed by atoms with Crippen molar-refractivity contribution in [2.75, 3.05) is 0 Å². The summed E-state index contributed by atoms with van der Waals surface area (Å²) in [6, 6.07) is 3.02. The Labute approximate surface area is 152 Å². The van der Waals surface area contributed by atoms with E-state index >= 15 is 0 Å². The van der Waals surface area contributed by atoms with Gasteiger partial charge in [0.25, 0.3) is 0 Å². The van der Waals surface area contributed by atoms with Crippen LogP contribution >= 0.6 is 23.2 Å². The van der Waals surface area contributed by atoms with Crippen LogP contribution in [0.5, 0.6) is 5.75 Å². The number of hydrogen-bond donors (Lipinski definition) is 1. The van der Waals surface area contributed by atoms with E-state index in [-0.39, 0.29) is 46.3 Å². The van der Waals surface area contributed by atoms with Gasteiger partial charge >= 0.3 is 5.97 Å². The van der Waals surface area contributed by atoms with E-state index in [1.165, 1.54) is 11.7 Å². The van der Waals surface area contributed by atoms with Crippen LogP contribution in [-0.4, -0.2) is 27.0 Å². The van der Waals surface area contributed by atoms with Crippen molar-refractivity contribution in [2.45, 2.75) is 25.4 Å². The molecule has 0 bridgehead atoms. The largest absolute Gasteiger partial charge is 0.488 e. The van der Waals surface area contributed by atoms with Crippen LogP contribution in [0, 0.1) is 17.1 Å². The van der Waals surface area contributed by atoms with Gasteiger partial charge in [-0.25, -0.2) is 4.39 Å². The lowest BCUT2D eigenvalue weighted by molar-refractivity contribution is -0.137. The molecule has 1 aromatic heterocycles. The van der Waals surface area contributed by atoms with E-state index in [1.807, 2.05) is 6.07 Å². The molecule has 0 saturated carbocycles. The SMILES string of the molecule is Cn1nc(-c2c(F)cc(Cl)c3c2CC(CCC(=O)O)O3)c(Cl)c1C#N. The van der Waals surface area contributed by atoms with Gasteiger partial charge in [-0.3, -0.25) is 9.48 Å². The van der Waals surface area contributed by atoms with Crippen molar-refractivity contribution < 1.29 is 19.0 Å². The third-order valence-corrected chi connectivity index (χ3v) is 4.65. The number of nitrogens with zero attached hydrogens (tertiary/aromatic N) is 3. The number of ether oxygens (including phenoxy) is 1. The van der Waals surface area contributed by atoms with Gasteiger partial charge in [-0.05, 0) is 12.5 Å². The molecular weight excluding hydrogens is 372 g/mol. The van der Waals surface area contributed by atoms with Gasteiger partial charge in [0.05, 0.1) is 5.02 Å². The summed E-state index contributed by atoms with van der Waals surface area (Å²) in [5, 5.41) is 22.2. The average Bonchev–Trinajstić information content (AvgIpc) is 3.07. The van der Waals surface area contributed by atoms with Crippen LogP contribution in [0.15, 0.2) is 6.07 Å². The number of fused-ring (bicyclic) bond motifs is 1. The van der Waals surface area contributed by atoms with E-state index in [4.69, 9.17) is 38.3 Å². The summed E-state index contributed by atoms with van der Waals surface area (Å²) in [6.45, 7) is 0. The molecule has 1 unspecified atom stereocenters. The van der Waals surface area contributed by atoms with Gasteiger partial charge in [-0.15, -0.1) is 0 Å². The van der Waals surface area contributed by atoms with E-state index in [0.717, 1.165) is 6.07 Å². The summed E-state index contributed by atoms with van der Waals surface area (Å²) in [6.07, 6.45) is 0.0456. The monoisotopic (exact) mass is 383 g/mol. The molecule has 0 saturated heterocycles. The minimum Gasteiger partial charge on any atom is -0.488 e. The van der Waals surface area contributed by atoms with Crippen LogP contribution in [0.1, 0.15) is 24.1 Å². The maximum atomic E-state index is 14.6. The lowest BCUT2D eigenvalue weighted by Crippen LogP contribution is -2.14. The molecule has 0 aliphatic carbocycles. The number of benzene rings is 1. The minimum atomic E-state index is -0.941. The van der Waals surface area contributed by atoms with E-state index in [1.54, 1.807) is 0 Å². The standard InChI is InChI=1S/C16H12Cl2FN3O3/c1-22-11(6-20)14(18)15(21-22)13-8-4-7(2-3-12(23)24)25-16(8)9(17)5-10(13)19/h5,7H,2-4H2,1H3,(H,23,24). The smallest absolute Gasteiger partial charge is 0.303 e. The number of carboxylic acids is 1. The van der Waals surface area contributed by atoms with Crippen molar-refractivity contribution in [3.8, 4) is 23.1 Å². The molecule has 1 atom stereocenters. The van der Waals surface area contributed by atoms with E-state index in [2.05, 4.69) is 5.10 Å². The molecule has 1 aliphatic heterocycles. The second kappa shape index (κ2) is 6.54. The Morgan fingerprint density at radius 1 is 1.60 bits per heavy atom. The van der Waals surface area contributed by atoms with Gasteiger partial charge in [0.1, 0.15) is 34.5 Å². The first kappa shape index (κ1) is 17.5. The number of aromatic nitrogens is 2. The third-order valence-electron chi connectivity index (χ3n) is 4.01. The zero-order chi connectivity index (χ0) is 18.3. The summed E-state index contributed by atoms with van der Waals surface area (Å²) in [7, 11) is 1.54.